The Labute approximate surface area is 249 Å². The van der Waals surface area contributed by atoms with Crippen LogP contribution in [0.5, 0.6) is 0 Å². The Morgan fingerprint density at radius 3 is 2.26 bits per heavy atom. The number of ether oxygens (including phenoxy) is 3. The van der Waals surface area contributed by atoms with Crippen LogP contribution in [0.4, 0.5) is 9.59 Å². The van der Waals surface area contributed by atoms with E-state index in [0.29, 0.717) is 6.42 Å². The molecule has 0 saturated carbocycles. The monoisotopic (exact) mass is 580 g/mol. The number of hydrogen-bond acceptors (Lipinski definition) is 8. The molecule has 42 heavy (non-hydrogen) atoms. The topological polar surface area (TPSA) is 110 Å². The van der Waals surface area contributed by atoms with Gasteiger partial charge in [0.05, 0.1) is 20.1 Å². The highest BCUT2D eigenvalue weighted by atomic mass is 16.6. The normalized spacial score (nSPS) is 15.8. The smallest absolute Gasteiger partial charge is 0.428 e. The van der Waals surface area contributed by atoms with E-state index in [4.69, 9.17) is 14.2 Å². The fourth-order valence-corrected chi connectivity index (χ4v) is 4.67. The predicted octanol–water partition coefficient (Wildman–Crippen LogP) is 5.60. The molecule has 2 aromatic rings. The summed E-state index contributed by atoms with van der Waals surface area (Å²) in [4.78, 5) is 40.7. The summed E-state index contributed by atoms with van der Waals surface area (Å²) < 4.78 is 15.7. The molecule has 0 bridgehead atoms. The highest BCUT2D eigenvalue weighted by Crippen LogP contribution is 2.29. The number of nitrogens with zero attached hydrogens (tertiary/aromatic N) is 3. The van der Waals surface area contributed by atoms with E-state index >= 15 is 0 Å². The summed E-state index contributed by atoms with van der Waals surface area (Å²) in [5.74, 6) is -0.147. The van der Waals surface area contributed by atoms with Crippen molar-refractivity contribution in [2.45, 2.75) is 84.6 Å². The number of carbonyl (C=O) groups excluding carboxylic acids is 3. The first kappa shape index (κ1) is 32.6. The molecule has 1 heterocycles. The fourth-order valence-electron chi connectivity index (χ4n) is 4.67. The molecule has 1 aliphatic rings. The molecule has 10 heteroatoms. The number of rotatable bonds is 8. The van der Waals surface area contributed by atoms with Crippen molar-refractivity contribution in [2.75, 3.05) is 20.2 Å². The lowest BCUT2D eigenvalue weighted by Crippen LogP contribution is -2.36. The largest absolute Gasteiger partial charge is 0.469 e. The second-order valence-corrected chi connectivity index (χ2v) is 12.4. The molecule has 2 amide bonds. The molecule has 3 rings (SSSR count). The standard InChI is InChI=1S/C32H44N4O6/c1-31(2,3)41-29(38)34-33-22-36(30(39)42-32(4,5)6)20-24-14-12-23(13-15-24)19-35-17-16-25-10-8-9-11-27(25)26(21-35)18-28(37)40-7/h8-15,22,26H,16-21H2,1-7H3,(H,34,38). The van der Waals surface area contributed by atoms with Gasteiger partial charge < -0.3 is 14.2 Å². The zero-order chi connectivity index (χ0) is 30.9. The van der Waals surface area contributed by atoms with Crippen molar-refractivity contribution < 1.29 is 28.6 Å². The van der Waals surface area contributed by atoms with E-state index in [1.54, 1.807) is 41.5 Å². The van der Waals surface area contributed by atoms with Gasteiger partial charge in [0.25, 0.3) is 0 Å². The molecule has 0 spiro atoms. The molecular weight excluding hydrogens is 536 g/mol. The van der Waals surface area contributed by atoms with Gasteiger partial charge in [0.15, 0.2) is 0 Å². The third kappa shape index (κ3) is 10.8. The van der Waals surface area contributed by atoms with Gasteiger partial charge in [-0.3, -0.25) is 14.6 Å². The van der Waals surface area contributed by atoms with E-state index < -0.39 is 23.4 Å². The van der Waals surface area contributed by atoms with E-state index in [-0.39, 0.29) is 18.4 Å². The summed E-state index contributed by atoms with van der Waals surface area (Å²) in [5, 5.41) is 3.89. The first-order chi connectivity index (χ1) is 19.7. The molecule has 228 valence electrons. The van der Waals surface area contributed by atoms with Crippen molar-refractivity contribution in [1.82, 2.24) is 15.2 Å². The highest BCUT2D eigenvalue weighted by molar-refractivity contribution is 5.83. The van der Waals surface area contributed by atoms with Crippen molar-refractivity contribution in [1.29, 1.82) is 0 Å². The minimum atomic E-state index is -0.724. The minimum Gasteiger partial charge on any atom is -0.469 e. The molecule has 0 fully saturated rings. The Hall–Kier alpha value is -3.92. The van der Waals surface area contributed by atoms with Gasteiger partial charge in [-0.15, -0.1) is 0 Å². The van der Waals surface area contributed by atoms with Gasteiger partial charge in [-0.25, -0.2) is 15.0 Å². The van der Waals surface area contributed by atoms with Gasteiger partial charge in [-0.2, -0.15) is 5.10 Å². The zero-order valence-electron chi connectivity index (χ0n) is 25.8. The third-order valence-corrected chi connectivity index (χ3v) is 6.47. The van der Waals surface area contributed by atoms with Crippen LogP contribution in [0.2, 0.25) is 0 Å². The summed E-state index contributed by atoms with van der Waals surface area (Å²) in [6.07, 6.45) is 1.16. The Morgan fingerprint density at radius 2 is 1.62 bits per heavy atom. The number of esters is 1. The van der Waals surface area contributed by atoms with E-state index in [1.807, 2.05) is 36.4 Å². The van der Waals surface area contributed by atoms with Crippen molar-refractivity contribution in [3.63, 3.8) is 0 Å². The summed E-state index contributed by atoms with van der Waals surface area (Å²) in [6.45, 7) is 13.1. The number of hydrogen-bond donors (Lipinski definition) is 1. The maximum absolute atomic E-state index is 12.9. The van der Waals surface area contributed by atoms with Crippen molar-refractivity contribution >= 4 is 24.5 Å². The molecule has 1 unspecified atom stereocenters. The van der Waals surface area contributed by atoms with Gasteiger partial charge in [0, 0.05) is 25.6 Å². The summed E-state index contributed by atoms with van der Waals surface area (Å²) in [5.41, 5.74) is 5.37. The van der Waals surface area contributed by atoms with Crippen LogP contribution in [0.25, 0.3) is 0 Å². The maximum atomic E-state index is 12.9. The average molecular weight is 581 g/mol. The summed E-state index contributed by atoms with van der Waals surface area (Å²) in [6, 6.07) is 16.3. The number of carbonyl (C=O) groups is 3. The number of hydrazone groups is 1. The molecule has 0 aliphatic carbocycles. The number of methoxy groups -OCH3 is 1. The number of fused-ring (bicyclic) bond motifs is 1. The van der Waals surface area contributed by atoms with Crippen molar-refractivity contribution in [3.8, 4) is 0 Å². The zero-order valence-corrected chi connectivity index (χ0v) is 25.8. The number of nitrogens with one attached hydrogen (secondary N) is 1. The first-order valence-electron chi connectivity index (χ1n) is 14.2. The van der Waals surface area contributed by atoms with Crippen LogP contribution in [0.3, 0.4) is 0 Å². The third-order valence-electron chi connectivity index (χ3n) is 6.47. The van der Waals surface area contributed by atoms with Crippen molar-refractivity contribution in [2.24, 2.45) is 5.10 Å². The molecule has 0 saturated heterocycles. The summed E-state index contributed by atoms with van der Waals surface area (Å²) >= 11 is 0. The van der Waals surface area contributed by atoms with E-state index in [9.17, 15) is 14.4 Å². The highest BCUT2D eigenvalue weighted by Gasteiger charge is 2.26. The minimum absolute atomic E-state index is 0.0615. The predicted molar refractivity (Wildman–Crippen MR) is 161 cm³/mol. The SMILES string of the molecule is COC(=O)CC1CN(Cc2ccc(CN(C=NNC(=O)OC(C)(C)C)C(=O)OC(C)(C)C)cc2)CCc2ccccc21. The maximum Gasteiger partial charge on any atom is 0.428 e. The van der Waals surface area contributed by atoms with Crippen LogP contribution >= 0.6 is 0 Å². The molecule has 1 aliphatic heterocycles. The Morgan fingerprint density at radius 1 is 0.976 bits per heavy atom. The Bertz CT molecular complexity index is 1250. The number of benzene rings is 2. The first-order valence-corrected chi connectivity index (χ1v) is 14.2. The van der Waals surface area contributed by atoms with Gasteiger partial charge >= 0.3 is 18.2 Å². The Kier molecular flexibility index (Phi) is 11.1. The second-order valence-electron chi connectivity index (χ2n) is 12.4. The fraction of sp³-hybridized carbons (Fsp3) is 0.500. The van der Waals surface area contributed by atoms with Gasteiger partial charge in [0.2, 0.25) is 0 Å². The van der Waals surface area contributed by atoms with Crippen LogP contribution in [0.15, 0.2) is 53.6 Å². The molecule has 0 radical (unpaired) electrons. The lowest BCUT2D eigenvalue weighted by atomic mass is 9.91. The molecule has 10 nitrogen and oxygen atoms in total. The van der Waals surface area contributed by atoms with Gasteiger partial charge in [0.1, 0.15) is 17.5 Å². The molecule has 0 aromatic heterocycles. The quantitative estimate of drug-likeness (QED) is 0.142. The van der Waals surface area contributed by atoms with Crippen LogP contribution < -0.4 is 5.43 Å². The average Bonchev–Trinajstić information content (AvgIpc) is 3.06. The molecule has 1 atom stereocenters. The Balaban J connectivity index is 1.68. The van der Waals surface area contributed by atoms with Crippen LogP contribution in [0.1, 0.15) is 76.1 Å². The molecule has 1 N–H and O–H groups in total. The van der Waals surface area contributed by atoms with Gasteiger partial charge in [-0.05, 0) is 70.2 Å². The van der Waals surface area contributed by atoms with Crippen molar-refractivity contribution in [3.05, 3.63) is 70.8 Å². The second kappa shape index (κ2) is 14.3. The van der Waals surface area contributed by atoms with Gasteiger partial charge in [-0.1, -0.05) is 48.5 Å². The van der Waals surface area contributed by atoms with E-state index in [2.05, 4.69) is 27.6 Å². The van der Waals surface area contributed by atoms with E-state index in [1.165, 1.54) is 29.5 Å². The molecule has 2 aromatic carbocycles. The lowest BCUT2D eigenvalue weighted by molar-refractivity contribution is -0.141. The summed E-state index contributed by atoms with van der Waals surface area (Å²) in [7, 11) is 1.43. The van der Waals surface area contributed by atoms with Crippen LogP contribution in [0, 0.1) is 0 Å². The molecular formula is C32H44N4O6. The van der Waals surface area contributed by atoms with Crippen LogP contribution in [-0.2, 0) is 38.5 Å². The van der Waals surface area contributed by atoms with E-state index in [0.717, 1.165) is 37.2 Å². The lowest BCUT2D eigenvalue weighted by Gasteiger charge is -2.25. The number of amides is 2. The van der Waals surface area contributed by atoms with Crippen LogP contribution in [-0.4, -0.2) is 65.7 Å².